The Balaban J connectivity index is 1.64. The predicted molar refractivity (Wildman–Crippen MR) is 85.0 cm³/mol. The van der Waals surface area contributed by atoms with Gasteiger partial charge in [-0.1, -0.05) is 42.0 Å². The predicted octanol–water partition coefficient (Wildman–Crippen LogP) is 3.34. The Hall–Kier alpha value is -2.29. The average molecular weight is 280 g/mol. The molecule has 21 heavy (non-hydrogen) atoms. The minimum absolute atomic E-state index is 0.140. The maximum Gasteiger partial charge on any atom is 0.270 e. The van der Waals surface area contributed by atoms with Crippen molar-refractivity contribution >= 4 is 12.0 Å². The van der Waals surface area contributed by atoms with E-state index in [1.54, 1.807) is 0 Å². The molecule has 1 aliphatic rings. The molecule has 1 amide bonds. The minimum atomic E-state index is 0.140. The van der Waals surface area contributed by atoms with Crippen LogP contribution < -0.4 is 0 Å². The normalized spacial score (nSPS) is 15.1. The van der Waals surface area contributed by atoms with E-state index in [-0.39, 0.29) is 5.91 Å². The summed E-state index contributed by atoms with van der Waals surface area (Å²) in [6.45, 7) is 1.62. The van der Waals surface area contributed by atoms with Crippen LogP contribution in [-0.4, -0.2) is 28.5 Å². The summed E-state index contributed by atoms with van der Waals surface area (Å²) < 4.78 is 1.89. The van der Waals surface area contributed by atoms with Crippen LogP contribution in [0.1, 0.15) is 28.9 Å². The minimum Gasteiger partial charge on any atom is -0.347 e. The molecule has 1 aromatic carbocycles. The molecule has 1 aliphatic heterocycles. The van der Waals surface area contributed by atoms with E-state index in [0.717, 1.165) is 31.6 Å². The van der Waals surface area contributed by atoms with Gasteiger partial charge in [0.2, 0.25) is 0 Å². The van der Waals surface area contributed by atoms with Crippen molar-refractivity contribution in [1.29, 1.82) is 0 Å². The van der Waals surface area contributed by atoms with Crippen LogP contribution in [0.5, 0.6) is 0 Å². The third kappa shape index (κ3) is 3.07. The monoisotopic (exact) mass is 280 g/mol. The van der Waals surface area contributed by atoms with Gasteiger partial charge in [0.1, 0.15) is 5.69 Å². The zero-order valence-corrected chi connectivity index (χ0v) is 12.3. The molecule has 0 atom stereocenters. The van der Waals surface area contributed by atoms with Crippen molar-refractivity contribution in [3.63, 3.8) is 0 Å². The third-order valence-electron chi connectivity index (χ3n) is 4.03. The maximum atomic E-state index is 12.4. The number of aryl methyl sites for hydroxylation is 1. The topological polar surface area (TPSA) is 25.2 Å². The molecule has 1 aromatic heterocycles. The highest BCUT2D eigenvalue weighted by Gasteiger charge is 2.21. The second-order valence-corrected chi connectivity index (χ2v) is 5.51. The van der Waals surface area contributed by atoms with E-state index in [1.165, 1.54) is 11.1 Å². The molecule has 3 nitrogen and oxygen atoms in total. The number of aromatic nitrogens is 1. The fourth-order valence-electron chi connectivity index (χ4n) is 2.77. The molecule has 1 fully saturated rings. The van der Waals surface area contributed by atoms with Gasteiger partial charge < -0.3 is 9.47 Å². The lowest BCUT2D eigenvalue weighted by atomic mass is 10.0. The van der Waals surface area contributed by atoms with Crippen molar-refractivity contribution in [2.45, 2.75) is 12.8 Å². The molecule has 0 spiro atoms. The van der Waals surface area contributed by atoms with Crippen molar-refractivity contribution in [3.8, 4) is 0 Å². The van der Waals surface area contributed by atoms with E-state index in [1.807, 2.05) is 40.9 Å². The van der Waals surface area contributed by atoms with Crippen molar-refractivity contribution in [2.24, 2.45) is 7.05 Å². The average Bonchev–Trinajstić information content (AvgIpc) is 2.94. The van der Waals surface area contributed by atoms with Crippen LogP contribution >= 0.6 is 0 Å². The van der Waals surface area contributed by atoms with Gasteiger partial charge in [-0.05, 0) is 30.5 Å². The smallest absolute Gasteiger partial charge is 0.270 e. The first-order valence-corrected chi connectivity index (χ1v) is 7.39. The fourth-order valence-corrected chi connectivity index (χ4v) is 2.77. The van der Waals surface area contributed by atoms with Crippen molar-refractivity contribution in [3.05, 3.63) is 65.5 Å². The molecule has 0 radical (unpaired) electrons. The highest BCUT2D eigenvalue weighted by Crippen LogP contribution is 2.20. The van der Waals surface area contributed by atoms with Crippen molar-refractivity contribution in [2.75, 3.05) is 13.1 Å². The lowest BCUT2D eigenvalue weighted by Crippen LogP contribution is -2.37. The van der Waals surface area contributed by atoms with E-state index in [4.69, 9.17) is 0 Å². The van der Waals surface area contributed by atoms with Gasteiger partial charge in [0.05, 0.1) is 0 Å². The Bertz CT molecular complexity index is 645. The Kier molecular flexibility index (Phi) is 3.91. The van der Waals surface area contributed by atoms with E-state index >= 15 is 0 Å². The van der Waals surface area contributed by atoms with Gasteiger partial charge in [-0.3, -0.25) is 4.79 Å². The highest BCUT2D eigenvalue weighted by atomic mass is 16.2. The van der Waals surface area contributed by atoms with Gasteiger partial charge >= 0.3 is 0 Å². The molecular weight excluding hydrogens is 260 g/mol. The van der Waals surface area contributed by atoms with Gasteiger partial charge in [0.25, 0.3) is 5.91 Å². The van der Waals surface area contributed by atoms with E-state index in [2.05, 4.69) is 30.3 Å². The molecule has 0 unspecified atom stereocenters. The van der Waals surface area contributed by atoms with E-state index < -0.39 is 0 Å². The summed E-state index contributed by atoms with van der Waals surface area (Å²) in [6.07, 6.45) is 6.10. The van der Waals surface area contributed by atoms with Crippen molar-refractivity contribution in [1.82, 2.24) is 9.47 Å². The Labute approximate surface area is 125 Å². The maximum absolute atomic E-state index is 12.4. The Morgan fingerprint density at radius 3 is 2.38 bits per heavy atom. The molecule has 3 rings (SSSR count). The van der Waals surface area contributed by atoms with E-state index in [9.17, 15) is 4.79 Å². The molecule has 1 saturated heterocycles. The molecule has 0 aliphatic carbocycles. The zero-order chi connectivity index (χ0) is 14.7. The first-order valence-electron chi connectivity index (χ1n) is 7.39. The van der Waals surface area contributed by atoms with Crippen LogP contribution in [0.15, 0.2) is 54.2 Å². The summed E-state index contributed by atoms with van der Waals surface area (Å²) in [5.41, 5.74) is 3.44. The molecule has 108 valence electrons. The van der Waals surface area contributed by atoms with Crippen LogP contribution in [0.2, 0.25) is 0 Å². The molecule has 3 heteroatoms. The standard InChI is InChI=1S/C18H20N2O/c1-19-11-5-8-17(19)18(21)20-12-9-16(10-13-20)14-15-6-3-2-4-7-15/h2-8,11,14H,9-10,12-13H2,1H3. The molecule has 0 saturated carbocycles. The molecule has 0 bridgehead atoms. The quantitative estimate of drug-likeness (QED) is 0.828. The first-order chi connectivity index (χ1) is 10.2. The Morgan fingerprint density at radius 1 is 1.05 bits per heavy atom. The molecular formula is C18H20N2O. The van der Waals surface area contributed by atoms with Crippen LogP contribution in [0.3, 0.4) is 0 Å². The number of carbonyl (C=O) groups is 1. The fraction of sp³-hybridized carbons (Fsp3) is 0.278. The largest absolute Gasteiger partial charge is 0.347 e. The van der Waals surface area contributed by atoms with Crippen molar-refractivity contribution < 1.29 is 4.79 Å². The summed E-state index contributed by atoms with van der Waals surface area (Å²) in [5, 5.41) is 0. The van der Waals surface area contributed by atoms with Gasteiger partial charge in [0, 0.05) is 26.3 Å². The number of piperidine rings is 1. The highest BCUT2D eigenvalue weighted by molar-refractivity contribution is 5.92. The number of nitrogens with zero attached hydrogens (tertiary/aromatic N) is 2. The number of hydrogen-bond acceptors (Lipinski definition) is 1. The first kappa shape index (κ1) is 13.7. The van der Waals surface area contributed by atoms with E-state index in [0.29, 0.717) is 0 Å². The van der Waals surface area contributed by atoms with Gasteiger partial charge in [-0.2, -0.15) is 0 Å². The summed E-state index contributed by atoms with van der Waals surface area (Å²) in [7, 11) is 1.91. The Morgan fingerprint density at radius 2 is 1.76 bits per heavy atom. The van der Waals surface area contributed by atoms with Crippen LogP contribution in [0, 0.1) is 0 Å². The number of likely N-dealkylation sites (tertiary alicyclic amines) is 1. The lowest BCUT2D eigenvalue weighted by molar-refractivity contribution is 0.0734. The summed E-state index contributed by atoms with van der Waals surface area (Å²) in [4.78, 5) is 14.4. The summed E-state index contributed by atoms with van der Waals surface area (Å²) >= 11 is 0. The molecule has 0 N–H and O–H groups in total. The summed E-state index contributed by atoms with van der Waals surface area (Å²) in [6, 6.07) is 14.2. The number of carbonyl (C=O) groups excluding carboxylic acids is 1. The molecule has 2 aromatic rings. The van der Waals surface area contributed by atoms with Gasteiger partial charge in [-0.15, -0.1) is 0 Å². The lowest BCUT2D eigenvalue weighted by Gasteiger charge is -2.28. The second kappa shape index (κ2) is 6.00. The van der Waals surface area contributed by atoms with Crippen LogP contribution in [0.4, 0.5) is 0 Å². The second-order valence-electron chi connectivity index (χ2n) is 5.51. The van der Waals surface area contributed by atoms with Crippen LogP contribution in [-0.2, 0) is 7.05 Å². The number of benzene rings is 1. The number of rotatable bonds is 2. The molecule has 2 heterocycles. The van der Waals surface area contributed by atoms with Gasteiger partial charge in [0.15, 0.2) is 0 Å². The SMILES string of the molecule is Cn1cccc1C(=O)N1CCC(=Cc2ccccc2)CC1. The van der Waals surface area contributed by atoms with Gasteiger partial charge in [-0.25, -0.2) is 0 Å². The third-order valence-corrected chi connectivity index (χ3v) is 4.03. The summed E-state index contributed by atoms with van der Waals surface area (Å²) in [5.74, 6) is 0.140. The van der Waals surface area contributed by atoms with Crippen LogP contribution in [0.25, 0.3) is 6.08 Å². The number of amides is 1. The zero-order valence-electron chi connectivity index (χ0n) is 12.3. The number of hydrogen-bond donors (Lipinski definition) is 0.